The van der Waals surface area contributed by atoms with Crippen LogP contribution < -0.4 is 0 Å². The van der Waals surface area contributed by atoms with Crippen LogP contribution in [0.3, 0.4) is 0 Å². The zero-order valence-corrected chi connectivity index (χ0v) is 18.1. The Labute approximate surface area is 182 Å². The molecule has 2 heterocycles. The van der Waals surface area contributed by atoms with Gasteiger partial charge in [-0.3, -0.25) is 9.48 Å². The number of hydrogen-bond donors (Lipinski definition) is 1. The molecular weight excluding hydrogens is 388 g/mol. The van der Waals surface area contributed by atoms with Gasteiger partial charge < -0.3 is 10.0 Å². The summed E-state index contributed by atoms with van der Waals surface area (Å²) in [6.45, 7) is 2.73. The third kappa shape index (κ3) is 3.76. The van der Waals surface area contributed by atoms with Crippen molar-refractivity contribution in [2.24, 2.45) is 7.05 Å². The standard InChI is InChI=1S/C25H28N4O2/c1-16-11-20-14-29(23-5-3-4-6-24(23)30)25(31)21(20)13-19(16)12-17-7-9-18(10-8-17)22-15-28(2)27-26-22/h7-11,13,15,23-24,30H,3-6,12,14H2,1-2H3/t23-,24-/m0/s1. The highest BCUT2D eigenvalue weighted by Crippen LogP contribution is 2.33. The SMILES string of the molecule is Cc1cc2c(cc1Cc1ccc(-c3cn(C)nn3)cc1)C(=O)N([C@H]1CCCC[C@@H]1O)C2. The van der Waals surface area contributed by atoms with Crippen LogP contribution in [0.1, 0.15) is 58.3 Å². The lowest BCUT2D eigenvalue weighted by Crippen LogP contribution is -2.45. The number of nitrogens with zero attached hydrogens (tertiary/aromatic N) is 4. The molecule has 2 atom stereocenters. The predicted octanol–water partition coefficient (Wildman–Crippen LogP) is 3.64. The quantitative estimate of drug-likeness (QED) is 0.705. The van der Waals surface area contributed by atoms with Gasteiger partial charge in [0.2, 0.25) is 0 Å². The van der Waals surface area contributed by atoms with Crippen LogP contribution >= 0.6 is 0 Å². The first kappa shape index (κ1) is 19.9. The number of fused-ring (bicyclic) bond motifs is 1. The van der Waals surface area contributed by atoms with Gasteiger partial charge in [-0.05, 0) is 54.5 Å². The van der Waals surface area contributed by atoms with E-state index in [9.17, 15) is 9.90 Å². The van der Waals surface area contributed by atoms with Gasteiger partial charge in [0, 0.05) is 24.7 Å². The Hall–Kier alpha value is -2.99. The predicted molar refractivity (Wildman–Crippen MR) is 119 cm³/mol. The van der Waals surface area contributed by atoms with Crippen molar-refractivity contribution >= 4 is 5.91 Å². The van der Waals surface area contributed by atoms with E-state index in [1.807, 2.05) is 18.1 Å². The van der Waals surface area contributed by atoms with E-state index in [0.29, 0.717) is 6.54 Å². The maximum absolute atomic E-state index is 13.2. The molecule has 6 nitrogen and oxygen atoms in total. The molecule has 0 unspecified atom stereocenters. The van der Waals surface area contributed by atoms with E-state index >= 15 is 0 Å². The fraction of sp³-hybridized carbons (Fsp3) is 0.400. The first-order chi connectivity index (χ1) is 15.0. The lowest BCUT2D eigenvalue weighted by atomic mass is 9.91. The van der Waals surface area contributed by atoms with Crippen molar-refractivity contribution in [1.29, 1.82) is 0 Å². The molecule has 5 rings (SSSR count). The second-order valence-corrected chi connectivity index (χ2v) is 8.94. The molecule has 1 aliphatic carbocycles. The number of carbonyl (C=O) groups is 1. The lowest BCUT2D eigenvalue weighted by Gasteiger charge is -2.35. The second-order valence-electron chi connectivity index (χ2n) is 8.94. The van der Waals surface area contributed by atoms with Crippen LogP contribution in [0, 0.1) is 6.92 Å². The van der Waals surface area contributed by atoms with Crippen molar-refractivity contribution < 1.29 is 9.90 Å². The average Bonchev–Trinajstić information content (AvgIpc) is 3.33. The highest BCUT2D eigenvalue weighted by atomic mass is 16.3. The molecule has 2 aromatic carbocycles. The summed E-state index contributed by atoms with van der Waals surface area (Å²) in [5.74, 6) is 0.0696. The molecular formula is C25H28N4O2. The van der Waals surface area contributed by atoms with Gasteiger partial charge in [-0.2, -0.15) is 0 Å². The molecule has 0 saturated heterocycles. The van der Waals surface area contributed by atoms with Gasteiger partial charge in [-0.15, -0.1) is 5.10 Å². The van der Waals surface area contributed by atoms with E-state index in [1.165, 1.54) is 16.7 Å². The summed E-state index contributed by atoms with van der Waals surface area (Å²) in [7, 11) is 1.86. The second kappa shape index (κ2) is 7.93. The van der Waals surface area contributed by atoms with Gasteiger partial charge in [0.1, 0.15) is 5.69 Å². The van der Waals surface area contributed by atoms with Gasteiger partial charge in [0.05, 0.1) is 18.3 Å². The van der Waals surface area contributed by atoms with Crippen molar-refractivity contribution in [3.05, 3.63) is 70.4 Å². The molecule has 31 heavy (non-hydrogen) atoms. The van der Waals surface area contributed by atoms with Crippen LogP contribution in [-0.2, 0) is 20.0 Å². The number of benzene rings is 2. The molecule has 1 aromatic heterocycles. The summed E-state index contributed by atoms with van der Waals surface area (Å²) in [6, 6.07) is 12.5. The Morgan fingerprint density at radius 2 is 1.90 bits per heavy atom. The highest BCUT2D eigenvalue weighted by Gasteiger charge is 2.37. The molecule has 0 spiro atoms. The minimum absolute atomic E-state index is 0.0500. The zero-order valence-electron chi connectivity index (χ0n) is 18.1. The molecule has 160 valence electrons. The number of aromatic nitrogens is 3. The Balaban J connectivity index is 1.36. The van der Waals surface area contributed by atoms with Crippen molar-refractivity contribution in [2.75, 3.05) is 0 Å². The fourth-order valence-corrected chi connectivity index (χ4v) is 4.96. The van der Waals surface area contributed by atoms with Crippen LogP contribution in [0.25, 0.3) is 11.3 Å². The van der Waals surface area contributed by atoms with Crippen LogP contribution in [0.5, 0.6) is 0 Å². The van der Waals surface area contributed by atoms with Crippen molar-refractivity contribution in [3.8, 4) is 11.3 Å². The minimum Gasteiger partial charge on any atom is -0.391 e. The molecule has 1 amide bonds. The molecule has 0 radical (unpaired) electrons. The monoisotopic (exact) mass is 416 g/mol. The van der Waals surface area contributed by atoms with Crippen LogP contribution in [-0.4, -0.2) is 43.1 Å². The Morgan fingerprint density at radius 3 is 2.61 bits per heavy atom. The molecule has 1 aliphatic heterocycles. The largest absolute Gasteiger partial charge is 0.391 e. The number of aliphatic hydroxyl groups is 1. The Bertz CT molecular complexity index is 1120. The van der Waals surface area contributed by atoms with E-state index in [2.05, 4.69) is 53.6 Å². The van der Waals surface area contributed by atoms with Gasteiger partial charge in [0.15, 0.2) is 0 Å². The minimum atomic E-state index is -0.402. The summed E-state index contributed by atoms with van der Waals surface area (Å²) in [4.78, 5) is 15.1. The van der Waals surface area contributed by atoms with Gasteiger partial charge >= 0.3 is 0 Å². The number of aliphatic hydroxyl groups excluding tert-OH is 1. The van der Waals surface area contributed by atoms with Crippen LogP contribution in [0.2, 0.25) is 0 Å². The fourth-order valence-electron chi connectivity index (χ4n) is 4.96. The zero-order chi connectivity index (χ0) is 21.5. The maximum Gasteiger partial charge on any atom is 0.254 e. The van der Waals surface area contributed by atoms with Crippen LogP contribution in [0.15, 0.2) is 42.6 Å². The van der Waals surface area contributed by atoms with E-state index < -0.39 is 6.10 Å². The van der Waals surface area contributed by atoms with E-state index in [4.69, 9.17) is 0 Å². The topological polar surface area (TPSA) is 71.2 Å². The van der Waals surface area contributed by atoms with E-state index in [1.54, 1.807) is 4.68 Å². The maximum atomic E-state index is 13.2. The van der Waals surface area contributed by atoms with Gasteiger partial charge in [-0.1, -0.05) is 48.4 Å². The van der Waals surface area contributed by atoms with Gasteiger partial charge in [0.25, 0.3) is 5.91 Å². The summed E-state index contributed by atoms with van der Waals surface area (Å²) in [5, 5.41) is 18.6. The summed E-state index contributed by atoms with van der Waals surface area (Å²) >= 11 is 0. The first-order valence-electron chi connectivity index (χ1n) is 11.1. The van der Waals surface area contributed by atoms with Crippen molar-refractivity contribution in [2.45, 2.75) is 57.7 Å². The van der Waals surface area contributed by atoms with E-state index in [0.717, 1.165) is 54.5 Å². The molecule has 1 N–H and O–H groups in total. The van der Waals surface area contributed by atoms with Crippen LogP contribution in [0.4, 0.5) is 0 Å². The number of rotatable bonds is 4. The highest BCUT2D eigenvalue weighted by molar-refractivity contribution is 5.99. The summed E-state index contributed by atoms with van der Waals surface area (Å²) < 4.78 is 1.70. The molecule has 2 aliphatic rings. The summed E-state index contributed by atoms with van der Waals surface area (Å²) in [5.41, 5.74) is 7.36. The number of aryl methyl sites for hydroxylation is 2. The lowest BCUT2D eigenvalue weighted by molar-refractivity contribution is 0.0191. The third-order valence-electron chi connectivity index (χ3n) is 6.73. The van der Waals surface area contributed by atoms with Crippen molar-refractivity contribution in [1.82, 2.24) is 19.9 Å². The Kier molecular flexibility index (Phi) is 5.10. The molecule has 3 aromatic rings. The van der Waals surface area contributed by atoms with Crippen molar-refractivity contribution in [3.63, 3.8) is 0 Å². The van der Waals surface area contributed by atoms with Gasteiger partial charge in [-0.25, -0.2) is 0 Å². The molecule has 1 saturated carbocycles. The number of carbonyl (C=O) groups excluding carboxylic acids is 1. The smallest absolute Gasteiger partial charge is 0.254 e. The molecule has 6 heteroatoms. The third-order valence-corrected chi connectivity index (χ3v) is 6.73. The number of amides is 1. The Morgan fingerprint density at radius 1 is 1.13 bits per heavy atom. The first-order valence-corrected chi connectivity index (χ1v) is 11.1. The number of hydrogen-bond acceptors (Lipinski definition) is 4. The normalized spacial score (nSPS) is 20.9. The average molecular weight is 417 g/mol. The van der Waals surface area contributed by atoms with E-state index in [-0.39, 0.29) is 11.9 Å². The molecule has 1 fully saturated rings. The molecule has 0 bridgehead atoms. The summed E-state index contributed by atoms with van der Waals surface area (Å²) in [6.07, 6.45) is 6.09.